The summed E-state index contributed by atoms with van der Waals surface area (Å²) in [5.41, 5.74) is 0.641. The van der Waals surface area contributed by atoms with Gasteiger partial charge in [0.25, 0.3) is 11.8 Å². The second kappa shape index (κ2) is 6.32. The van der Waals surface area contributed by atoms with E-state index in [0.717, 1.165) is 4.88 Å². The number of nitrogens with one attached hydrogen (secondary N) is 1. The summed E-state index contributed by atoms with van der Waals surface area (Å²) in [6.07, 6.45) is 0.511. The number of hydrogen-bond donors (Lipinski definition) is 1. The molecule has 2 heterocycles. The van der Waals surface area contributed by atoms with Crippen LogP contribution >= 0.6 is 11.3 Å². The van der Waals surface area contributed by atoms with Gasteiger partial charge < -0.3 is 9.73 Å². The minimum absolute atomic E-state index is 0.103. The van der Waals surface area contributed by atoms with E-state index in [1.807, 2.05) is 35.7 Å². The first-order valence-electron chi connectivity index (χ1n) is 6.52. The predicted octanol–water partition coefficient (Wildman–Crippen LogP) is 2.77. The van der Waals surface area contributed by atoms with Gasteiger partial charge in [-0.3, -0.25) is 4.79 Å². The third-order valence-corrected chi connectivity index (χ3v) is 3.72. The molecule has 0 aliphatic heterocycles. The molecular formula is C15H13N3O2S. The largest absolute Gasteiger partial charge is 0.420 e. The summed E-state index contributed by atoms with van der Waals surface area (Å²) in [7, 11) is 0. The Morgan fingerprint density at radius 3 is 2.76 bits per heavy atom. The van der Waals surface area contributed by atoms with Crippen molar-refractivity contribution in [3.8, 4) is 10.8 Å². The minimum Gasteiger partial charge on any atom is -0.420 e. The number of rotatable bonds is 5. The Hall–Kier alpha value is -2.47. The normalized spacial score (nSPS) is 10.5. The molecule has 1 N–H and O–H groups in total. The fourth-order valence-corrected chi connectivity index (χ4v) is 2.47. The highest BCUT2D eigenvalue weighted by Crippen LogP contribution is 2.22. The van der Waals surface area contributed by atoms with E-state index >= 15 is 0 Å². The van der Waals surface area contributed by atoms with Crippen LogP contribution in [0.15, 0.2) is 52.3 Å². The van der Waals surface area contributed by atoms with Crippen molar-refractivity contribution in [2.24, 2.45) is 0 Å². The molecule has 2 aromatic heterocycles. The molecule has 6 heteroatoms. The summed E-state index contributed by atoms with van der Waals surface area (Å²) in [6, 6.07) is 13.0. The number of aromatic nitrogens is 2. The number of amides is 1. The predicted molar refractivity (Wildman–Crippen MR) is 80.1 cm³/mol. The number of thiophene rings is 1. The van der Waals surface area contributed by atoms with Crippen LogP contribution in [0.4, 0.5) is 0 Å². The van der Waals surface area contributed by atoms with Gasteiger partial charge >= 0.3 is 0 Å². The molecule has 0 radical (unpaired) electrons. The van der Waals surface area contributed by atoms with E-state index in [0.29, 0.717) is 30.3 Å². The molecule has 5 nitrogen and oxygen atoms in total. The second-order valence-corrected chi connectivity index (χ2v) is 5.30. The van der Waals surface area contributed by atoms with Crippen molar-refractivity contribution in [1.29, 1.82) is 0 Å². The fourth-order valence-electron chi connectivity index (χ4n) is 1.83. The first kappa shape index (κ1) is 13.5. The summed E-state index contributed by atoms with van der Waals surface area (Å²) >= 11 is 1.55. The maximum absolute atomic E-state index is 11.9. The number of hydrogen-bond acceptors (Lipinski definition) is 5. The van der Waals surface area contributed by atoms with E-state index in [-0.39, 0.29) is 5.91 Å². The summed E-state index contributed by atoms with van der Waals surface area (Å²) < 4.78 is 5.55. The zero-order valence-electron chi connectivity index (χ0n) is 11.2. The summed E-state index contributed by atoms with van der Waals surface area (Å²) in [4.78, 5) is 12.8. The minimum atomic E-state index is -0.103. The van der Waals surface area contributed by atoms with Crippen molar-refractivity contribution >= 4 is 17.2 Å². The van der Waals surface area contributed by atoms with Gasteiger partial charge in [0.1, 0.15) is 0 Å². The Bertz CT molecular complexity index is 708. The Morgan fingerprint density at radius 1 is 1.14 bits per heavy atom. The molecule has 3 aromatic rings. The summed E-state index contributed by atoms with van der Waals surface area (Å²) in [6.45, 7) is 0.458. The second-order valence-electron chi connectivity index (χ2n) is 4.35. The maximum Gasteiger partial charge on any atom is 0.257 e. The molecule has 0 fully saturated rings. The van der Waals surface area contributed by atoms with Crippen LogP contribution in [0.3, 0.4) is 0 Å². The van der Waals surface area contributed by atoms with Gasteiger partial charge in [-0.15, -0.1) is 21.5 Å². The van der Waals surface area contributed by atoms with Crippen LogP contribution < -0.4 is 5.32 Å². The van der Waals surface area contributed by atoms with Gasteiger partial charge in [0.15, 0.2) is 0 Å². The number of benzene rings is 1. The van der Waals surface area contributed by atoms with E-state index in [1.54, 1.807) is 23.5 Å². The molecular weight excluding hydrogens is 286 g/mol. The Balaban J connectivity index is 1.53. The molecule has 0 aliphatic carbocycles. The van der Waals surface area contributed by atoms with E-state index in [9.17, 15) is 4.79 Å². The van der Waals surface area contributed by atoms with Gasteiger partial charge in [0.2, 0.25) is 5.89 Å². The molecule has 1 amide bonds. The van der Waals surface area contributed by atoms with Crippen LogP contribution in [-0.4, -0.2) is 22.6 Å². The van der Waals surface area contributed by atoms with Gasteiger partial charge in [-0.2, -0.15) is 0 Å². The Labute approximate surface area is 125 Å². The molecule has 3 rings (SSSR count). The van der Waals surface area contributed by atoms with Crippen LogP contribution in [0.2, 0.25) is 0 Å². The van der Waals surface area contributed by atoms with Gasteiger partial charge in [-0.05, 0) is 23.6 Å². The lowest BCUT2D eigenvalue weighted by Crippen LogP contribution is -2.25. The average Bonchev–Trinajstić information content (AvgIpc) is 3.19. The van der Waals surface area contributed by atoms with Crippen molar-refractivity contribution in [2.75, 3.05) is 6.54 Å². The third-order valence-electron chi connectivity index (χ3n) is 2.86. The summed E-state index contributed by atoms with van der Waals surface area (Å²) in [5, 5.41) is 12.8. The van der Waals surface area contributed by atoms with Crippen LogP contribution in [0.5, 0.6) is 0 Å². The molecule has 0 saturated carbocycles. The van der Waals surface area contributed by atoms with Gasteiger partial charge in [-0.25, -0.2) is 0 Å². The maximum atomic E-state index is 11.9. The molecule has 1 aromatic carbocycles. The van der Waals surface area contributed by atoms with Crippen molar-refractivity contribution in [2.45, 2.75) is 6.42 Å². The topological polar surface area (TPSA) is 68.0 Å². The molecule has 106 valence electrons. The summed E-state index contributed by atoms with van der Waals surface area (Å²) in [5.74, 6) is 0.940. The SMILES string of the molecule is O=C(NCCc1nnc(-c2cccs2)o1)c1ccccc1. The Kier molecular flexibility index (Phi) is 4.07. The number of carbonyl (C=O) groups is 1. The van der Waals surface area contributed by atoms with E-state index in [1.165, 1.54) is 0 Å². The quantitative estimate of drug-likeness (QED) is 0.786. The molecule has 0 atom stereocenters. The molecule has 0 aliphatic rings. The first-order valence-corrected chi connectivity index (χ1v) is 7.40. The smallest absolute Gasteiger partial charge is 0.257 e. The molecule has 0 unspecified atom stereocenters. The lowest BCUT2D eigenvalue weighted by molar-refractivity contribution is 0.0953. The van der Waals surface area contributed by atoms with Crippen molar-refractivity contribution < 1.29 is 9.21 Å². The molecule has 0 spiro atoms. The van der Waals surface area contributed by atoms with E-state index in [4.69, 9.17) is 4.42 Å². The highest BCUT2D eigenvalue weighted by molar-refractivity contribution is 7.13. The van der Waals surface area contributed by atoms with E-state index < -0.39 is 0 Å². The van der Waals surface area contributed by atoms with Gasteiger partial charge in [0, 0.05) is 18.5 Å². The molecule has 21 heavy (non-hydrogen) atoms. The fraction of sp³-hybridized carbons (Fsp3) is 0.133. The lowest BCUT2D eigenvalue weighted by Gasteiger charge is -2.02. The van der Waals surface area contributed by atoms with Crippen LogP contribution in [0, 0.1) is 0 Å². The Morgan fingerprint density at radius 2 is 2.00 bits per heavy atom. The van der Waals surface area contributed by atoms with Gasteiger partial charge in [0.05, 0.1) is 4.88 Å². The highest BCUT2D eigenvalue weighted by atomic mass is 32.1. The average molecular weight is 299 g/mol. The van der Waals surface area contributed by atoms with Crippen LogP contribution in [-0.2, 0) is 6.42 Å². The van der Waals surface area contributed by atoms with Crippen molar-refractivity contribution in [1.82, 2.24) is 15.5 Å². The van der Waals surface area contributed by atoms with Gasteiger partial charge in [-0.1, -0.05) is 24.3 Å². The third kappa shape index (κ3) is 3.35. The monoisotopic (exact) mass is 299 g/mol. The first-order chi connectivity index (χ1) is 10.3. The van der Waals surface area contributed by atoms with E-state index in [2.05, 4.69) is 15.5 Å². The zero-order valence-corrected chi connectivity index (χ0v) is 12.0. The standard InChI is InChI=1S/C15H13N3O2S/c19-14(11-5-2-1-3-6-11)16-9-8-13-17-18-15(20-13)12-7-4-10-21-12/h1-7,10H,8-9H2,(H,16,19). The van der Waals surface area contributed by atoms with Crippen LogP contribution in [0.25, 0.3) is 10.8 Å². The zero-order chi connectivity index (χ0) is 14.5. The van der Waals surface area contributed by atoms with Crippen molar-refractivity contribution in [3.05, 3.63) is 59.3 Å². The van der Waals surface area contributed by atoms with Crippen LogP contribution in [0.1, 0.15) is 16.2 Å². The van der Waals surface area contributed by atoms with Crippen molar-refractivity contribution in [3.63, 3.8) is 0 Å². The lowest BCUT2D eigenvalue weighted by atomic mass is 10.2. The molecule has 0 saturated heterocycles. The number of carbonyl (C=O) groups excluding carboxylic acids is 1. The molecule has 0 bridgehead atoms. The highest BCUT2D eigenvalue weighted by Gasteiger charge is 2.10. The number of nitrogens with zero attached hydrogens (tertiary/aromatic N) is 2.